The fraction of sp³-hybridized carbons (Fsp3) is 0.353. The summed E-state index contributed by atoms with van der Waals surface area (Å²) >= 11 is 6.40. The standard InChI is InChI=1S/C34H37ClN4O3/c1-24(40)26-14-11-25(12-15-26)13-17-28(41)7-3-6-10-33(42)39-31-9-5-4-8-29(31)34(38-21-19-37(2)20-22-38)36-30-23-27(35)16-18-32(30)39/h4-5,8-9,11-12,14-16,18,23H,3,6-7,10,13,17,19-22H2,1-2H3. The Kier molecular flexibility index (Phi) is 9.50. The summed E-state index contributed by atoms with van der Waals surface area (Å²) in [4.78, 5) is 49.3. The summed E-state index contributed by atoms with van der Waals surface area (Å²) in [5.41, 5.74) is 4.84. The van der Waals surface area contributed by atoms with Gasteiger partial charge in [0.1, 0.15) is 11.6 Å². The van der Waals surface area contributed by atoms with Crippen molar-refractivity contribution in [3.8, 4) is 0 Å². The SMILES string of the molecule is CC(=O)c1ccc(CCC(=O)CCCCC(=O)N2c3ccc(Cl)cc3N=C(N3CCN(C)CC3)c3ccccc32)cc1. The van der Waals surface area contributed by atoms with Crippen molar-refractivity contribution >= 4 is 52.0 Å². The van der Waals surface area contributed by atoms with Gasteiger partial charge in [0.05, 0.1) is 17.1 Å². The lowest BCUT2D eigenvalue weighted by molar-refractivity contribution is -0.120. The minimum Gasteiger partial charge on any atom is -0.353 e. The van der Waals surface area contributed by atoms with Crippen molar-refractivity contribution in [3.63, 3.8) is 0 Å². The van der Waals surface area contributed by atoms with Gasteiger partial charge >= 0.3 is 0 Å². The summed E-state index contributed by atoms with van der Waals surface area (Å²) in [6.45, 7) is 5.13. The molecule has 2 aliphatic rings. The van der Waals surface area contributed by atoms with Crippen LogP contribution in [0.4, 0.5) is 17.1 Å². The highest BCUT2D eigenvalue weighted by Gasteiger charge is 2.30. The number of benzene rings is 3. The Bertz CT molecular complexity index is 1490. The van der Waals surface area contributed by atoms with Gasteiger partial charge in [0.15, 0.2) is 5.78 Å². The highest BCUT2D eigenvalue weighted by molar-refractivity contribution is 6.31. The van der Waals surface area contributed by atoms with E-state index in [0.717, 1.165) is 48.8 Å². The molecule has 0 radical (unpaired) electrons. The van der Waals surface area contributed by atoms with Crippen molar-refractivity contribution in [2.75, 3.05) is 38.1 Å². The summed E-state index contributed by atoms with van der Waals surface area (Å²) in [5, 5.41) is 0.571. The average Bonchev–Trinajstić information content (AvgIpc) is 3.13. The quantitative estimate of drug-likeness (QED) is 0.209. The number of ketones is 2. The number of rotatable bonds is 9. The van der Waals surface area contributed by atoms with E-state index in [2.05, 4.69) is 16.8 Å². The molecule has 1 fully saturated rings. The number of carbonyl (C=O) groups is 3. The van der Waals surface area contributed by atoms with E-state index in [0.29, 0.717) is 60.5 Å². The molecule has 1 amide bonds. The van der Waals surface area contributed by atoms with Gasteiger partial charge in [0, 0.05) is 61.6 Å². The van der Waals surface area contributed by atoms with Crippen LogP contribution in [0, 0.1) is 0 Å². The first-order valence-electron chi connectivity index (χ1n) is 14.7. The lowest BCUT2D eigenvalue weighted by Gasteiger charge is -2.35. The number of amidine groups is 1. The number of halogens is 1. The third kappa shape index (κ3) is 6.97. The molecule has 0 aromatic heterocycles. The Balaban J connectivity index is 1.25. The monoisotopic (exact) mass is 584 g/mol. The maximum Gasteiger partial charge on any atom is 0.231 e. The molecule has 0 saturated carbocycles. The van der Waals surface area contributed by atoms with Crippen molar-refractivity contribution in [1.82, 2.24) is 9.80 Å². The van der Waals surface area contributed by atoms with Crippen LogP contribution < -0.4 is 4.90 Å². The van der Waals surface area contributed by atoms with Gasteiger partial charge in [-0.1, -0.05) is 48.0 Å². The summed E-state index contributed by atoms with van der Waals surface area (Å²) < 4.78 is 0. The third-order valence-electron chi connectivity index (χ3n) is 7.99. The molecule has 0 N–H and O–H groups in total. The molecule has 0 atom stereocenters. The van der Waals surface area contributed by atoms with E-state index in [1.807, 2.05) is 48.5 Å². The van der Waals surface area contributed by atoms with E-state index < -0.39 is 0 Å². The van der Waals surface area contributed by atoms with Crippen LogP contribution in [-0.4, -0.2) is 66.3 Å². The van der Waals surface area contributed by atoms with Crippen LogP contribution in [0.1, 0.15) is 60.5 Å². The Labute approximate surface area is 252 Å². The predicted molar refractivity (Wildman–Crippen MR) is 169 cm³/mol. The van der Waals surface area contributed by atoms with Gasteiger partial charge in [-0.2, -0.15) is 0 Å². The zero-order valence-electron chi connectivity index (χ0n) is 24.3. The van der Waals surface area contributed by atoms with Gasteiger partial charge in [0.25, 0.3) is 0 Å². The molecule has 5 rings (SSSR count). The van der Waals surface area contributed by atoms with Crippen LogP contribution in [0.25, 0.3) is 0 Å². The van der Waals surface area contributed by atoms with Gasteiger partial charge in [-0.25, -0.2) is 4.99 Å². The molecule has 8 heteroatoms. The molecular weight excluding hydrogens is 548 g/mol. The molecule has 2 heterocycles. The van der Waals surface area contributed by atoms with Crippen molar-refractivity contribution in [1.29, 1.82) is 0 Å². The molecule has 0 spiro atoms. The number of carbonyl (C=O) groups excluding carboxylic acids is 3. The average molecular weight is 585 g/mol. The lowest BCUT2D eigenvalue weighted by atomic mass is 10.0. The molecule has 0 unspecified atom stereocenters. The smallest absolute Gasteiger partial charge is 0.231 e. The second-order valence-corrected chi connectivity index (χ2v) is 11.5. The van der Waals surface area contributed by atoms with E-state index in [1.165, 1.54) is 0 Å². The Morgan fingerprint density at radius 2 is 1.55 bits per heavy atom. The first kappa shape index (κ1) is 29.7. The fourth-order valence-electron chi connectivity index (χ4n) is 5.49. The third-order valence-corrected chi connectivity index (χ3v) is 8.23. The van der Waals surface area contributed by atoms with E-state index in [-0.39, 0.29) is 17.5 Å². The largest absolute Gasteiger partial charge is 0.353 e. The molecule has 1 saturated heterocycles. The van der Waals surface area contributed by atoms with Crippen LogP contribution in [0.2, 0.25) is 5.02 Å². The van der Waals surface area contributed by atoms with Crippen LogP contribution in [0.15, 0.2) is 71.7 Å². The summed E-state index contributed by atoms with van der Waals surface area (Å²) in [5.74, 6) is 1.05. The lowest BCUT2D eigenvalue weighted by Crippen LogP contribution is -2.47. The number of piperazine rings is 1. The Morgan fingerprint density at radius 1 is 0.833 bits per heavy atom. The number of hydrogen-bond acceptors (Lipinski definition) is 6. The van der Waals surface area contributed by atoms with Crippen molar-refractivity contribution < 1.29 is 14.4 Å². The number of anilines is 2. The van der Waals surface area contributed by atoms with Gasteiger partial charge in [-0.3, -0.25) is 19.3 Å². The van der Waals surface area contributed by atoms with E-state index >= 15 is 0 Å². The zero-order chi connectivity index (χ0) is 29.6. The number of fused-ring (bicyclic) bond motifs is 2. The Hall–Kier alpha value is -3.81. The second-order valence-electron chi connectivity index (χ2n) is 11.1. The van der Waals surface area contributed by atoms with Crippen molar-refractivity contribution in [3.05, 3.63) is 88.4 Å². The number of amides is 1. The summed E-state index contributed by atoms with van der Waals surface area (Å²) in [7, 11) is 2.12. The number of unbranched alkanes of at least 4 members (excludes halogenated alkanes) is 1. The van der Waals surface area contributed by atoms with Crippen LogP contribution in [0.5, 0.6) is 0 Å². The number of hydrogen-bond donors (Lipinski definition) is 0. The summed E-state index contributed by atoms with van der Waals surface area (Å²) in [6.07, 6.45) is 3.13. The van der Waals surface area contributed by atoms with E-state index in [1.54, 1.807) is 30.0 Å². The molecule has 3 aromatic carbocycles. The number of para-hydroxylation sites is 1. The Morgan fingerprint density at radius 3 is 2.29 bits per heavy atom. The molecule has 0 aliphatic carbocycles. The number of Topliss-reactive ketones (excluding diaryl/α,β-unsaturated/α-hetero) is 2. The van der Waals surface area contributed by atoms with Crippen LogP contribution in [-0.2, 0) is 16.0 Å². The van der Waals surface area contributed by atoms with Crippen LogP contribution in [0.3, 0.4) is 0 Å². The van der Waals surface area contributed by atoms with Gasteiger partial charge in [-0.15, -0.1) is 0 Å². The molecule has 42 heavy (non-hydrogen) atoms. The van der Waals surface area contributed by atoms with Crippen molar-refractivity contribution in [2.45, 2.75) is 45.4 Å². The maximum atomic E-state index is 13.8. The molecule has 2 aliphatic heterocycles. The normalized spacial score (nSPS) is 15.0. The number of likely N-dealkylation sites (N-methyl/N-ethyl adjacent to an activating group) is 1. The first-order chi connectivity index (χ1) is 20.3. The topological polar surface area (TPSA) is 73.3 Å². The van der Waals surface area contributed by atoms with E-state index in [9.17, 15) is 14.4 Å². The van der Waals surface area contributed by atoms with Crippen molar-refractivity contribution in [2.24, 2.45) is 4.99 Å². The van der Waals surface area contributed by atoms with Gasteiger partial charge in [0.2, 0.25) is 5.91 Å². The minimum atomic E-state index is -0.0288. The second kappa shape index (κ2) is 13.4. The minimum absolute atomic E-state index is 0.0288. The number of aliphatic imine (C=N–C) groups is 1. The zero-order valence-corrected chi connectivity index (χ0v) is 25.1. The molecule has 218 valence electrons. The molecule has 0 bridgehead atoms. The van der Waals surface area contributed by atoms with Crippen LogP contribution >= 0.6 is 11.6 Å². The number of aryl methyl sites for hydroxylation is 1. The molecule has 3 aromatic rings. The maximum absolute atomic E-state index is 13.8. The van der Waals surface area contributed by atoms with Gasteiger partial charge in [-0.05, 0) is 69.1 Å². The number of nitrogens with zero attached hydrogens (tertiary/aromatic N) is 4. The molecular formula is C34H37ClN4O3. The molecule has 7 nitrogen and oxygen atoms in total. The highest BCUT2D eigenvalue weighted by atomic mass is 35.5. The highest BCUT2D eigenvalue weighted by Crippen LogP contribution is 2.42. The predicted octanol–water partition coefficient (Wildman–Crippen LogP) is 6.61. The van der Waals surface area contributed by atoms with Gasteiger partial charge < -0.3 is 9.80 Å². The summed E-state index contributed by atoms with van der Waals surface area (Å²) in [6, 6.07) is 20.9. The fourth-order valence-corrected chi connectivity index (χ4v) is 5.66. The first-order valence-corrected chi connectivity index (χ1v) is 15.0. The van der Waals surface area contributed by atoms with E-state index in [4.69, 9.17) is 16.6 Å².